The zero-order valence-electron chi connectivity index (χ0n) is 15.9. The highest BCUT2D eigenvalue weighted by atomic mass is 35.5. The molecule has 0 fully saturated rings. The molecular weight excluding hydrogens is 372 g/mol. The third kappa shape index (κ3) is 3.27. The summed E-state index contributed by atoms with van der Waals surface area (Å²) in [5.41, 5.74) is 10.6. The van der Waals surface area contributed by atoms with Crippen molar-refractivity contribution in [2.45, 2.75) is 26.8 Å². The first-order valence-electron chi connectivity index (χ1n) is 9.04. The fraction of sp³-hybridized carbons (Fsp3) is 0.190. The molecule has 0 atom stereocenters. The predicted octanol–water partition coefficient (Wildman–Crippen LogP) is 5.36. The summed E-state index contributed by atoms with van der Waals surface area (Å²) in [5, 5.41) is 9.93. The lowest BCUT2D eigenvalue weighted by Gasteiger charge is -2.13. The minimum Gasteiger partial charge on any atom is -0.397 e. The Morgan fingerprint density at radius 1 is 1.14 bits per heavy atom. The van der Waals surface area contributed by atoms with Crippen molar-refractivity contribution in [3.8, 4) is 11.1 Å². The lowest BCUT2D eigenvalue weighted by molar-refractivity contribution is 0.532. The molecule has 0 aliphatic rings. The molecule has 0 aliphatic heterocycles. The highest BCUT2D eigenvalue weighted by molar-refractivity contribution is 6.37. The third-order valence-corrected chi connectivity index (χ3v) is 5.14. The molecule has 4 aromatic rings. The average Bonchev–Trinajstić information content (AvgIpc) is 3.14. The topological polar surface area (TPSA) is 81.7 Å². The van der Waals surface area contributed by atoms with Gasteiger partial charge in [0.2, 0.25) is 0 Å². The molecule has 4 rings (SSSR count). The van der Waals surface area contributed by atoms with E-state index >= 15 is 0 Å². The van der Waals surface area contributed by atoms with Crippen molar-refractivity contribution in [2.24, 2.45) is 0 Å². The van der Waals surface area contributed by atoms with E-state index in [1.165, 1.54) is 0 Å². The second kappa shape index (κ2) is 7.13. The molecule has 1 aromatic carbocycles. The number of nitrogen functional groups attached to an aromatic ring is 1. The standard InChI is InChI=1S/C21H21ClN6/c1-12(2)28-11-15(8-26-28)27-19-7-14-6-16(17-9-24-5-4-13(17)3)20(22)21(23)18(14)10-25-19/h4-12H,23H2,1-3H3,(H,25,27). The van der Waals surface area contributed by atoms with Crippen molar-refractivity contribution in [3.05, 3.63) is 59.8 Å². The van der Waals surface area contributed by atoms with Crippen molar-refractivity contribution in [1.82, 2.24) is 19.7 Å². The molecule has 0 unspecified atom stereocenters. The van der Waals surface area contributed by atoms with Gasteiger partial charge in [-0.15, -0.1) is 0 Å². The van der Waals surface area contributed by atoms with E-state index < -0.39 is 0 Å². The summed E-state index contributed by atoms with van der Waals surface area (Å²) in [6.07, 6.45) is 9.05. The number of hydrogen-bond donors (Lipinski definition) is 2. The molecule has 0 bridgehead atoms. The van der Waals surface area contributed by atoms with Gasteiger partial charge in [0.05, 0.1) is 22.6 Å². The van der Waals surface area contributed by atoms with Crippen molar-refractivity contribution in [1.29, 1.82) is 0 Å². The van der Waals surface area contributed by atoms with Gasteiger partial charge in [0.1, 0.15) is 5.82 Å². The summed E-state index contributed by atoms with van der Waals surface area (Å²) in [4.78, 5) is 8.71. The molecule has 0 radical (unpaired) electrons. The zero-order chi connectivity index (χ0) is 19.8. The van der Waals surface area contributed by atoms with Crippen LogP contribution in [-0.4, -0.2) is 19.7 Å². The summed E-state index contributed by atoms with van der Waals surface area (Å²) >= 11 is 6.57. The second-order valence-corrected chi connectivity index (χ2v) is 7.44. The Morgan fingerprint density at radius 3 is 2.68 bits per heavy atom. The number of benzene rings is 1. The maximum Gasteiger partial charge on any atom is 0.131 e. The number of nitrogens with zero attached hydrogens (tertiary/aromatic N) is 4. The maximum absolute atomic E-state index is 6.57. The molecule has 3 heterocycles. The molecule has 28 heavy (non-hydrogen) atoms. The minimum absolute atomic E-state index is 0.298. The van der Waals surface area contributed by atoms with Crippen LogP contribution in [0.4, 0.5) is 17.2 Å². The SMILES string of the molecule is Cc1ccncc1-c1cc2cc(Nc3cnn(C(C)C)c3)ncc2c(N)c1Cl. The van der Waals surface area contributed by atoms with Gasteiger partial charge in [-0.05, 0) is 49.9 Å². The Labute approximate surface area is 168 Å². The van der Waals surface area contributed by atoms with E-state index in [-0.39, 0.29) is 0 Å². The number of aromatic nitrogens is 4. The van der Waals surface area contributed by atoms with E-state index in [2.05, 4.69) is 34.2 Å². The van der Waals surface area contributed by atoms with Crippen molar-refractivity contribution in [2.75, 3.05) is 11.1 Å². The van der Waals surface area contributed by atoms with Crippen LogP contribution in [0.1, 0.15) is 25.5 Å². The molecule has 0 saturated heterocycles. The number of aryl methyl sites for hydroxylation is 1. The first kappa shape index (κ1) is 18.3. The van der Waals surface area contributed by atoms with Crippen molar-refractivity contribution in [3.63, 3.8) is 0 Å². The Morgan fingerprint density at radius 2 is 1.96 bits per heavy atom. The van der Waals surface area contributed by atoms with Gasteiger partial charge in [0.15, 0.2) is 0 Å². The Balaban J connectivity index is 1.78. The van der Waals surface area contributed by atoms with Gasteiger partial charge in [-0.3, -0.25) is 9.67 Å². The lowest BCUT2D eigenvalue weighted by atomic mass is 9.99. The van der Waals surface area contributed by atoms with Crippen molar-refractivity contribution >= 4 is 39.6 Å². The van der Waals surface area contributed by atoms with Gasteiger partial charge in [-0.2, -0.15) is 5.10 Å². The molecule has 142 valence electrons. The lowest BCUT2D eigenvalue weighted by Crippen LogP contribution is -2.00. The molecule has 0 aliphatic carbocycles. The van der Waals surface area contributed by atoms with Gasteiger partial charge < -0.3 is 11.1 Å². The Kier molecular flexibility index (Phi) is 4.65. The molecule has 0 amide bonds. The summed E-state index contributed by atoms with van der Waals surface area (Å²) in [6, 6.07) is 6.25. The molecule has 0 saturated carbocycles. The number of halogens is 1. The number of nitrogens with two attached hydrogens (primary N) is 1. The molecule has 0 spiro atoms. The van der Waals surface area contributed by atoms with E-state index in [0.29, 0.717) is 22.6 Å². The number of nitrogens with one attached hydrogen (secondary N) is 1. The van der Waals surface area contributed by atoms with Crippen LogP contribution in [0.5, 0.6) is 0 Å². The monoisotopic (exact) mass is 392 g/mol. The van der Waals surface area contributed by atoms with Crippen LogP contribution < -0.4 is 11.1 Å². The molecule has 7 heteroatoms. The van der Waals surface area contributed by atoms with Crippen LogP contribution in [0, 0.1) is 6.92 Å². The second-order valence-electron chi connectivity index (χ2n) is 7.06. The van der Waals surface area contributed by atoms with Crippen LogP contribution in [0.25, 0.3) is 21.9 Å². The Hall–Kier alpha value is -3.12. The van der Waals surface area contributed by atoms with Crippen LogP contribution in [0.2, 0.25) is 5.02 Å². The van der Waals surface area contributed by atoms with E-state index in [1.54, 1.807) is 18.6 Å². The van der Waals surface area contributed by atoms with E-state index in [1.807, 2.05) is 42.2 Å². The molecular formula is C21H21ClN6. The van der Waals surface area contributed by atoms with Gasteiger partial charge in [-0.1, -0.05) is 11.6 Å². The van der Waals surface area contributed by atoms with E-state index in [9.17, 15) is 0 Å². The number of fused-ring (bicyclic) bond motifs is 1. The van der Waals surface area contributed by atoms with Crippen LogP contribution >= 0.6 is 11.6 Å². The molecule has 3 N–H and O–H groups in total. The quantitative estimate of drug-likeness (QED) is 0.457. The first-order chi connectivity index (χ1) is 13.4. The highest BCUT2D eigenvalue weighted by Crippen LogP contribution is 2.39. The molecule has 3 aromatic heterocycles. The van der Waals surface area contributed by atoms with Gasteiger partial charge in [0, 0.05) is 47.3 Å². The summed E-state index contributed by atoms with van der Waals surface area (Å²) in [5.74, 6) is 0.714. The highest BCUT2D eigenvalue weighted by Gasteiger charge is 2.14. The fourth-order valence-corrected chi connectivity index (χ4v) is 3.40. The summed E-state index contributed by atoms with van der Waals surface area (Å²) in [7, 11) is 0. The van der Waals surface area contributed by atoms with Gasteiger partial charge in [-0.25, -0.2) is 4.98 Å². The van der Waals surface area contributed by atoms with Gasteiger partial charge >= 0.3 is 0 Å². The van der Waals surface area contributed by atoms with Crippen molar-refractivity contribution < 1.29 is 0 Å². The first-order valence-corrected chi connectivity index (χ1v) is 9.41. The van der Waals surface area contributed by atoms with Gasteiger partial charge in [0.25, 0.3) is 0 Å². The number of pyridine rings is 2. The van der Waals surface area contributed by atoms with Crippen LogP contribution in [-0.2, 0) is 0 Å². The maximum atomic E-state index is 6.57. The number of rotatable bonds is 4. The number of hydrogen-bond acceptors (Lipinski definition) is 5. The Bertz CT molecular complexity index is 1160. The van der Waals surface area contributed by atoms with Crippen LogP contribution in [0.15, 0.2) is 49.2 Å². The largest absolute Gasteiger partial charge is 0.397 e. The fourth-order valence-electron chi connectivity index (χ4n) is 3.14. The smallest absolute Gasteiger partial charge is 0.131 e. The number of anilines is 3. The predicted molar refractivity (Wildman–Crippen MR) is 115 cm³/mol. The van der Waals surface area contributed by atoms with E-state index in [0.717, 1.165) is 33.2 Å². The summed E-state index contributed by atoms with van der Waals surface area (Å²) < 4.78 is 1.89. The summed E-state index contributed by atoms with van der Waals surface area (Å²) in [6.45, 7) is 6.19. The molecule has 6 nitrogen and oxygen atoms in total. The van der Waals surface area contributed by atoms with E-state index in [4.69, 9.17) is 17.3 Å². The minimum atomic E-state index is 0.298. The average molecular weight is 393 g/mol. The van der Waals surface area contributed by atoms with Crippen LogP contribution in [0.3, 0.4) is 0 Å². The third-order valence-electron chi connectivity index (χ3n) is 4.73. The zero-order valence-corrected chi connectivity index (χ0v) is 16.7. The normalized spacial score (nSPS) is 11.3.